The van der Waals surface area contributed by atoms with Gasteiger partial charge in [0.1, 0.15) is 6.61 Å². The third kappa shape index (κ3) is 4.66. The summed E-state index contributed by atoms with van der Waals surface area (Å²) in [5, 5.41) is 0.522. The molecule has 0 aromatic heterocycles. The van der Waals surface area contributed by atoms with Crippen LogP contribution in [0.15, 0.2) is 72.8 Å². The summed E-state index contributed by atoms with van der Waals surface area (Å²) in [4.78, 5) is 59.1. The highest BCUT2D eigenvalue weighted by Gasteiger charge is 2.39. The summed E-state index contributed by atoms with van der Waals surface area (Å²) >= 11 is 0. The molecule has 1 fully saturated rings. The number of hydrogen-bond donors (Lipinski definition) is 0. The average molecular weight is 526 g/mol. The van der Waals surface area contributed by atoms with Crippen LogP contribution in [0.2, 0.25) is 0 Å². The molecule has 0 N–H and O–H groups in total. The third-order valence-electron chi connectivity index (χ3n) is 7.49. The standard InChI is InChI=1S/C30H27N3O6/c34-27(39-33-28(35)24-12-5-6-13-25(24)29(33)36)18-31-14-7-15-32(17-16-31)30(37)38-19-26-22-10-3-1-8-20(22)21-9-2-4-11-23(21)26/h1-6,8-13,26H,7,14-19H2. The maximum absolute atomic E-state index is 13.0. The van der Waals surface area contributed by atoms with Crippen molar-refractivity contribution in [2.24, 2.45) is 0 Å². The van der Waals surface area contributed by atoms with Gasteiger partial charge in [0.25, 0.3) is 11.8 Å². The van der Waals surface area contributed by atoms with E-state index in [9.17, 15) is 19.2 Å². The molecule has 0 atom stereocenters. The minimum atomic E-state index is -0.709. The van der Waals surface area contributed by atoms with Gasteiger partial charge in [0.15, 0.2) is 0 Å². The van der Waals surface area contributed by atoms with Gasteiger partial charge in [-0.15, -0.1) is 0 Å². The Morgan fingerprint density at radius 3 is 1.90 bits per heavy atom. The van der Waals surface area contributed by atoms with Crippen molar-refractivity contribution in [2.75, 3.05) is 39.3 Å². The number of rotatable bonds is 5. The van der Waals surface area contributed by atoms with Crippen LogP contribution >= 0.6 is 0 Å². The molecule has 1 aliphatic carbocycles. The van der Waals surface area contributed by atoms with Gasteiger partial charge in [-0.05, 0) is 40.8 Å². The normalized spacial score (nSPS) is 16.9. The van der Waals surface area contributed by atoms with Crippen molar-refractivity contribution in [2.45, 2.75) is 12.3 Å². The number of imide groups is 1. The van der Waals surface area contributed by atoms with Gasteiger partial charge in [-0.2, -0.15) is 0 Å². The van der Waals surface area contributed by atoms with E-state index in [0.29, 0.717) is 37.7 Å². The fraction of sp³-hybridized carbons (Fsp3) is 0.267. The predicted octanol–water partition coefficient (Wildman–Crippen LogP) is 3.70. The van der Waals surface area contributed by atoms with Crippen LogP contribution in [0.25, 0.3) is 11.1 Å². The van der Waals surface area contributed by atoms with Gasteiger partial charge < -0.3 is 14.5 Å². The largest absolute Gasteiger partial charge is 0.448 e. The molecule has 2 aliphatic heterocycles. The lowest BCUT2D eigenvalue weighted by molar-refractivity contribution is -0.169. The lowest BCUT2D eigenvalue weighted by Gasteiger charge is -2.22. The summed E-state index contributed by atoms with van der Waals surface area (Å²) < 4.78 is 5.79. The van der Waals surface area contributed by atoms with Gasteiger partial charge in [-0.25, -0.2) is 9.59 Å². The second-order valence-electron chi connectivity index (χ2n) is 9.83. The molecule has 0 saturated carbocycles. The minimum Gasteiger partial charge on any atom is -0.448 e. The van der Waals surface area contributed by atoms with E-state index in [2.05, 4.69) is 24.3 Å². The Hall–Kier alpha value is -4.50. The van der Waals surface area contributed by atoms with Gasteiger partial charge in [0.05, 0.1) is 17.7 Å². The maximum atomic E-state index is 13.0. The Morgan fingerprint density at radius 1 is 0.718 bits per heavy atom. The van der Waals surface area contributed by atoms with Crippen molar-refractivity contribution in [3.05, 3.63) is 95.1 Å². The molecular weight excluding hydrogens is 498 g/mol. The molecule has 0 unspecified atom stereocenters. The predicted molar refractivity (Wildman–Crippen MR) is 141 cm³/mol. The van der Waals surface area contributed by atoms with Crippen LogP contribution in [0.4, 0.5) is 4.79 Å². The summed E-state index contributed by atoms with van der Waals surface area (Å²) in [5.74, 6) is -2.02. The van der Waals surface area contributed by atoms with Crippen molar-refractivity contribution in [1.29, 1.82) is 0 Å². The minimum absolute atomic E-state index is 0.0123. The van der Waals surface area contributed by atoms with Gasteiger partial charge in [-0.3, -0.25) is 14.5 Å². The molecule has 9 nitrogen and oxygen atoms in total. The average Bonchev–Trinajstić information content (AvgIpc) is 3.26. The zero-order valence-corrected chi connectivity index (χ0v) is 21.2. The number of fused-ring (bicyclic) bond motifs is 4. The third-order valence-corrected chi connectivity index (χ3v) is 7.49. The number of hydroxylamine groups is 2. The summed E-state index contributed by atoms with van der Waals surface area (Å²) in [6.45, 7) is 2.02. The molecule has 2 heterocycles. The van der Waals surface area contributed by atoms with E-state index in [1.54, 1.807) is 17.0 Å². The van der Waals surface area contributed by atoms with Crippen LogP contribution in [0.3, 0.4) is 0 Å². The van der Waals surface area contributed by atoms with Crippen LogP contribution in [0.5, 0.6) is 0 Å². The van der Waals surface area contributed by atoms with Crippen LogP contribution in [0, 0.1) is 0 Å². The Morgan fingerprint density at radius 2 is 1.28 bits per heavy atom. The number of carbonyl (C=O) groups is 4. The first-order chi connectivity index (χ1) is 19.0. The Balaban J connectivity index is 1.02. The molecule has 0 spiro atoms. The zero-order chi connectivity index (χ0) is 26.9. The second kappa shape index (κ2) is 10.3. The lowest BCUT2D eigenvalue weighted by Crippen LogP contribution is -2.40. The number of amides is 3. The van der Waals surface area contributed by atoms with Crippen LogP contribution in [-0.2, 0) is 14.4 Å². The molecule has 3 aromatic rings. The first kappa shape index (κ1) is 24.8. The van der Waals surface area contributed by atoms with E-state index in [-0.39, 0.29) is 36.3 Å². The molecule has 39 heavy (non-hydrogen) atoms. The van der Waals surface area contributed by atoms with Crippen molar-refractivity contribution >= 4 is 23.9 Å². The summed E-state index contributed by atoms with van der Waals surface area (Å²) in [6, 6.07) is 22.7. The smallest absolute Gasteiger partial charge is 0.409 e. The van der Waals surface area contributed by atoms with Gasteiger partial charge in [-0.1, -0.05) is 65.7 Å². The number of benzene rings is 3. The van der Waals surface area contributed by atoms with E-state index in [1.807, 2.05) is 29.2 Å². The maximum Gasteiger partial charge on any atom is 0.409 e. The summed E-state index contributed by atoms with van der Waals surface area (Å²) in [6.07, 6.45) is 0.261. The van der Waals surface area contributed by atoms with Crippen molar-refractivity contribution in [3.63, 3.8) is 0 Å². The van der Waals surface area contributed by atoms with Crippen molar-refractivity contribution in [1.82, 2.24) is 14.9 Å². The molecule has 3 aliphatic rings. The van der Waals surface area contributed by atoms with E-state index in [4.69, 9.17) is 9.57 Å². The van der Waals surface area contributed by atoms with E-state index in [1.165, 1.54) is 23.3 Å². The first-order valence-electron chi connectivity index (χ1n) is 13.0. The topological polar surface area (TPSA) is 96.5 Å². The monoisotopic (exact) mass is 525 g/mol. The van der Waals surface area contributed by atoms with E-state index >= 15 is 0 Å². The van der Waals surface area contributed by atoms with E-state index < -0.39 is 17.8 Å². The van der Waals surface area contributed by atoms with Gasteiger partial charge >= 0.3 is 12.1 Å². The molecular formula is C30H27N3O6. The van der Waals surface area contributed by atoms with E-state index in [0.717, 1.165) is 11.1 Å². The molecule has 1 saturated heterocycles. The number of carbonyl (C=O) groups excluding carboxylic acids is 4. The lowest BCUT2D eigenvalue weighted by atomic mass is 9.98. The van der Waals surface area contributed by atoms with Gasteiger partial charge in [0, 0.05) is 32.1 Å². The Labute approximate surface area is 225 Å². The fourth-order valence-corrected chi connectivity index (χ4v) is 5.56. The first-order valence-corrected chi connectivity index (χ1v) is 13.0. The fourth-order valence-electron chi connectivity index (χ4n) is 5.56. The SMILES string of the molecule is O=C(CN1CCCN(C(=O)OCC2c3ccccc3-c3ccccc32)CC1)ON1C(=O)c2ccccc2C1=O. The summed E-state index contributed by atoms with van der Waals surface area (Å²) in [7, 11) is 0. The van der Waals surface area contributed by atoms with Gasteiger partial charge in [0.2, 0.25) is 0 Å². The van der Waals surface area contributed by atoms with Crippen molar-refractivity contribution < 1.29 is 28.8 Å². The summed E-state index contributed by atoms with van der Waals surface area (Å²) in [5.41, 5.74) is 5.09. The van der Waals surface area contributed by atoms with Crippen molar-refractivity contribution in [3.8, 4) is 11.1 Å². The zero-order valence-electron chi connectivity index (χ0n) is 21.2. The van der Waals surface area contributed by atoms with Crippen LogP contribution in [0.1, 0.15) is 44.2 Å². The van der Waals surface area contributed by atoms with Crippen LogP contribution < -0.4 is 0 Å². The quantitative estimate of drug-likeness (QED) is 0.469. The number of ether oxygens (including phenoxy) is 1. The molecule has 0 bridgehead atoms. The molecule has 3 aromatic carbocycles. The molecule has 9 heteroatoms. The van der Waals surface area contributed by atoms with Crippen LogP contribution in [-0.4, -0.2) is 78.1 Å². The highest BCUT2D eigenvalue weighted by molar-refractivity contribution is 6.20. The number of nitrogens with zero attached hydrogens (tertiary/aromatic N) is 3. The molecule has 0 radical (unpaired) electrons. The molecule has 3 amide bonds. The Bertz CT molecular complexity index is 1390. The highest BCUT2D eigenvalue weighted by Crippen LogP contribution is 2.44. The number of hydrogen-bond acceptors (Lipinski definition) is 7. The highest BCUT2D eigenvalue weighted by atomic mass is 16.7. The molecule has 6 rings (SSSR count). The Kier molecular flexibility index (Phi) is 6.58. The second-order valence-corrected chi connectivity index (χ2v) is 9.83. The molecule has 198 valence electrons.